The zero-order valence-corrected chi connectivity index (χ0v) is 11.8. The normalized spacial score (nSPS) is 24.9. The first-order valence-corrected chi connectivity index (χ1v) is 7.54. The Bertz CT molecular complexity index is 397. The van der Waals surface area contributed by atoms with E-state index >= 15 is 0 Å². The summed E-state index contributed by atoms with van der Waals surface area (Å²) in [6, 6.07) is 5.07. The average Bonchev–Trinajstić information content (AvgIpc) is 2.97. The van der Waals surface area contributed by atoms with Gasteiger partial charge in [-0.1, -0.05) is 13.0 Å². The maximum atomic E-state index is 4.69. The topological polar surface area (TPSA) is 31.4 Å². The molecule has 3 rings (SSSR count). The Morgan fingerprint density at radius 1 is 1.26 bits per heavy atom. The monoisotopic (exact) mass is 260 g/mol. The molecule has 0 unspecified atom stereocenters. The van der Waals surface area contributed by atoms with E-state index in [2.05, 4.69) is 45.4 Å². The molecule has 0 spiro atoms. The number of piperazine rings is 1. The fourth-order valence-electron chi connectivity index (χ4n) is 3.26. The van der Waals surface area contributed by atoms with Gasteiger partial charge in [-0.2, -0.15) is 0 Å². The number of nitrogens with zero attached hydrogens (tertiary/aromatic N) is 3. The first kappa shape index (κ1) is 12.9. The SMILES string of the molecule is CCN1CCC[C@@H]1c1ccc(N2CCNCC2)nc1. The molecule has 0 saturated carbocycles. The summed E-state index contributed by atoms with van der Waals surface area (Å²) in [5, 5.41) is 3.38. The highest BCUT2D eigenvalue weighted by molar-refractivity contribution is 5.40. The molecule has 2 fully saturated rings. The van der Waals surface area contributed by atoms with Gasteiger partial charge in [-0.25, -0.2) is 4.98 Å². The third kappa shape index (κ3) is 2.74. The fraction of sp³-hybridized carbons (Fsp3) is 0.667. The summed E-state index contributed by atoms with van der Waals surface area (Å²) in [5.41, 5.74) is 1.39. The highest BCUT2D eigenvalue weighted by Gasteiger charge is 2.24. The Morgan fingerprint density at radius 2 is 2.11 bits per heavy atom. The number of pyridine rings is 1. The van der Waals surface area contributed by atoms with E-state index in [0.717, 1.165) is 38.5 Å². The van der Waals surface area contributed by atoms with E-state index in [4.69, 9.17) is 0 Å². The number of aromatic nitrogens is 1. The van der Waals surface area contributed by atoms with E-state index in [1.807, 2.05) is 0 Å². The number of likely N-dealkylation sites (tertiary alicyclic amines) is 1. The Hall–Kier alpha value is -1.13. The predicted molar refractivity (Wildman–Crippen MR) is 78.5 cm³/mol. The summed E-state index contributed by atoms with van der Waals surface area (Å²) in [6.45, 7) is 8.89. The van der Waals surface area contributed by atoms with Crippen LogP contribution in [0.25, 0.3) is 0 Å². The third-order valence-corrected chi connectivity index (χ3v) is 4.37. The molecular weight excluding hydrogens is 236 g/mol. The highest BCUT2D eigenvalue weighted by Crippen LogP contribution is 2.31. The van der Waals surface area contributed by atoms with Crippen LogP contribution in [-0.2, 0) is 0 Å². The Kier molecular flexibility index (Phi) is 3.99. The lowest BCUT2D eigenvalue weighted by molar-refractivity contribution is 0.271. The van der Waals surface area contributed by atoms with Crippen molar-refractivity contribution in [3.8, 4) is 0 Å². The van der Waals surface area contributed by atoms with E-state index in [-0.39, 0.29) is 0 Å². The minimum Gasteiger partial charge on any atom is -0.354 e. The zero-order valence-electron chi connectivity index (χ0n) is 11.8. The van der Waals surface area contributed by atoms with Crippen molar-refractivity contribution in [2.75, 3.05) is 44.2 Å². The van der Waals surface area contributed by atoms with Gasteiger partial charge in [0, 0.05) is 38.4 Å². The van der Waals surface area contributed by atoms with Crippen molar-refractivity contribution < 1.29 is 0 Å². The summed E-state index contributed by atoms with van der Waals surface area (Å²) in [6.07, 6.45) is 4.69. The maximum absolute atomic E-state index is 4.69. The lowest BCUT2D eigenvalue weighted by Crippen LogP contribution is -2.43. The summed E-state index contributed by atoms with van der Waals surface area (Å²) in [5.74, 6) is 1.13. The molecule has 2 aliphatic heterocycles. The molecule has 0 amide bonds. The van der Waals surface area contributed by atoms with Crippen molar-refractivity contribution in [2.45, 2.75) is 25.8 Å². The van der Waals surface area contributed by atoms with Crippen LogP contribution in [0.15, 0.2) is 18.3 Å². The average molecular weight is 260 g/mol. The second-order valence-electron chi connectivity index (χ2n) is 5.47. The molecule has 1 aromatic rings. The lowest BCUT2D eigenvalue weighted by Gasteiger charge is -2.29. The quantitative estimate of drug-likeness (QED) is 0.895. The molecule has 4 heteroatoms. The lowest BCUT2D eigenvalue weighted by atomic mass is 10.1. The van der Waals surface area contributed by atoms with Gasteiger partial charge < -0.3 is 10.2 Å². The second kappa shape index (κ2) is 5.88. The molecule has 1 aromatic heterocycles. The van der Waals surface area contributed by atoms with Crippen molar-refractivity contribution in [3.05, 3.63) is 23.9 Å². The smallest absolute Gasteiger partial charge is 0.128 e. The minimum atomic E-state index is 0.592. The van der Waals surface area contributed by atoms with Gasteiger partial charge in [0.1, 0.15) is 5.82 Å². The molecule has 4 nitrogen and oxygen atoms in total. The molecule has 2 saturated heterocycles. The number of hydrogen-bond acceptors (Lipinski definition) is 4. The second-order valence-corrected chi connectivity index (χ2v) is 5.47. The van der Waals surface area contributed by atoms with E-state index in [0.29, 0.717) is 6.04 Å². The fourth-order valence-corrected chi connectivity index (χ4v) is 3.26. The number of rotatable bonds is 3. The molecule has 1 atom stereocenters. The van der Waals surface area contributed by atoms with Crippen LogP contribution in [-0.4, -0.2) is 49.2 Å². The van der Waals surface area contributed by atoms with E-state index in [1.165, 1.54) is 24.9 Å². The van der Waals surface area contributed by atoms with Gasteiger partial charge in [0.25, 0.3) is 0 Å². The van der Waals surface area contributed by atoms with Crippen LogP contribution < -0.4 is 10.2 Å². The molecule has 1 N–H and O–H groups in total. The van der Waals surface area contributed by atoms with Crippen LogP contribution in [0.1, 0.15) is 31.4 Å². The Morgan fingerprint density at radius 3 is 2.79 bits per heavy atom. The van der Waals surface area contributed by atoms with Gasteiger partial charge in [-0.15, -0.1) is 0 Å². The van der Waals surface area contributed by atoms with Crippen LogP contribution in [0.5, 0.6) is 0 Å². The molecule has 0 radical (unpaired) electrons. The first-order chi connectivity index (χ1) is 9.38. The van der Waals surface area contributed by atoms with Crippen molar-refractivity contribution in [1.82, 2.24) is 15.2 Å². The van der Waals surface area contributed by atoms with Crippen LogP contribution >= 0.6 is 0 Å². The standard InChI is InChI=1S/C15H24N4/c1-2-18-9-3-4-14(18)13-5-6-15(17-12-13)19-10-7-16-8-11-19/h5-6,12,14,16H,2-4,7-11H2,1H3/t14-/m1/s1. The predicted octanol–water partition coefficient (Wildman–Crippen LogP) is 1.65. The van der Waals surface area contributed by atoms with Crippen LogP contribution in [0.4, 0.5) is 5.82 Å². The Labute approximate surface area is 115 Å². The van der Waals surface area contributed by atoms with Crippen LogP contribution in [0, 0.1) is 0 Å². The van der Waals surface area contributed by atoms with E-state index in [9.17, 15) is 0 Å². The first-order valence-electron chi connectivity index (χ1n) is 7.54. The van der Waals surface area contributed by atoms with Crippen molar-refractivity contribution >= 4 is 5.82 Å². The van der Waals surface area contributed by atoms with Crippen molar-refractivity contribution in [3.63, 3.8) is 0 Å². The summed E-state index contributed by atoms with van der Waals surface area (Å²) >= 11 is 0. The number of hydrogen-bond donors (Lipinski definition) is 1. The summed E-state index contributed by atoms with van der Waals surface area (Å²) in [7, 11) is 0. The van der Waals surface area contributed by atoms with Gasteiger partial charge in [-0.05, 0) is 37.6 Å². The zero-order chi connectivity index (χ0) is 13.1. The summed E-state index contributed by atoms with van der Waals surface area (Å²) < 4.78 is 0. The summed E-state index contributed by atoms with van der Waals surface area (Å²) in [4.78, 5) is 9.61. The number of nitrogens with one attached hydrogen (secondary N) is 1. The van der Waals surface area contributed by atoms with Gasteiger partial charge >= 0.3 is 0 Å². The molecular formula is C15H24N4. The van der Waals surface area contributed by atoms with Gasteiger partial charge in [0.15, 0.2) is 0 Å². The Balaban J connectivity index is 1.71. The molecule has 19 heavy (non-hydrogen) atoms. The third-order valence-electron chi connectivity index (χ3n) is 4.37. The van der Waals surface area contributed by atoms with Crippen LogP contribution in [0.3, 0.4) is 0 Å². The molecule has 0 aliphatic carbocycles. The maximum Gasteiger partial charge on any atom is 0.128 e. The molecule has 3 heterocycles. The van der Waals surface area contributed by atoms with Gasteiger partial charge in [0.2, 0.25) is 0 Å². The number of anilines is 1. The van der Waals surface area contributed by atoms with Crippen LogP contribution in [0.2, 0.25) is 0 Å². The van der Waals surface area contributed by atoms with E-state index < -0.39 is 0 Å². The minimum absolute atomic E-state index is 0.592. The van der Waals surface area contributed by atoms with Gasteiger partial charge in [0.05, 0.1) is 0 Å². The van der Waals surface area contributed by atoms with E-state index in [1.54, 1.807) is 0 Å². The van der Waals surface area contributed by atoms with Crippen molar-refractivity contribution in [1.29, 1.82) is 0 Å². The van der Waals surface area contributed by atoms with Crippen molar-refractivity contribution in [2.24, 2.45) is 0 Å². The molecule has 0 bridgehead atoms. The molecule has 0 aromatic carbocycles. The molecule has 104 valence electrons. The van der Waals surface area contributed by atoms with Gasteiger partial charge in [-0.3, -0.25) is 4.90 Å². The highest BCUT2D eigenvalue weighted by atomic mass is 15.2. The molecule has 2 aliphatic rings. The largest absolute Gasteiger partial charge is 0.354 e.